The molecule has 0 bridgehead atoms. The van der Waals surface area contributed by atoms with Crippen LogP contribution < -0.4 is 0 Å². The predicted octanol–water partition coefficient (Wildman–Crippen LogP) is 3.12. The van der Waals surface area contributed by atoms with Crippen molar-refractivity contribution in [3.05, 3.63) is 29.8 Å². The SMILES string of the molecule is Cc1ccccc1O.ClCCl. The van der Waals surface area contributed by atoms with E-state index in [1.807, 2.05) is 25.1 Å². The number of benzene rings is 1. The van der Waals surface area contributed by atoms with E-state index in [4.69, 9.17) is 28.3 Å². The first-order chi connectivity index (χ1) is 5.22. The van der Waals surface area contributed by atoms with Crippen LogP contribution >= 0.6 is 23.2 Å². The summed E-state index contributed by atoms with van der Waals surface area (Å²) in [7, 11) is 0. The van der Waals surface area contributed by atoms with Crippen molar-refractivity contribution in [2.24, 2.45) is 0 Å². The third-order valence-corrected chi connectivity index (χ3v) is 1.12. The van der Waals surface area contributed by atoms with Crippen LogP contribution in [0.4, 0.5) is 0 Å². The second-order valence-corrected chi connectivity index (χ2v) is 2.70. The Balaban J connectivity index is 0.000000292. The number of phenols is 1. The molecule has 0 aliphatic carbocycles. The van der Waals surface area contributed by atoms with Crippen molar-refractivity contribution in [2.75, 3.05) is 5.34 Å². The molecule has 1 aromatic rings. The van der Waals surface area contributed by atoms with Crippen molar-refractivity contribution < 1.29 is 5.11 Å². The van der Waals surface area contributed by atoms with Gasteiger partial charge in [0.05, 0.1) is 5.34 Å². The van der Waals surface area contributed by atoms with E-state index in [1.165, 1.54) is 0 Å². The maximum atomic E-state index is 8.92. The van der Waals surface area contributed by atoms with Crippen molar-refractivity contribution >= 4 is 23.2 Å². The summed E-state index contributed by atoms with van der Waals surface area (Å²) in [6.07, 6.45) is 0. The van der Waals surface area contributed by atoms with Gasteiger partial charge in [-0.3, -0.25) is 0 Å². The molecule has 11 heavy (non-hydrogen) atoms. The van der Waals surface area contributed by atoms with Gasteiger partial charge in [0.2, 0.25) is 0 Å². The van der Waals surface area contributed by atoms with E-state index in [9.17, 15) is 0 Å². The standard InChI is InChI=1S/C7H8O.CH2Cl2/c1-6-4-2-3-5-7(6)8;2-1-3/h2-5,8H,1H3;1H2. The van der Waals surface area contributed by atoms with Gasteiger partial charge in [-0.15, -0.1) is 23.2 Å². The molecular weight excluding hydrogens is 183 g/mol. The Morgan fingerprint density at radius 1 is 1.27 bits per heavy atom. The summed E-state index contributed by atoms with van der Waals surface area (Å²) in [5, 5.41) is 9.11. The molecule has 1 N–H and O–H groups in total. The van der Waals surface area contributed by atoms with Crippen LogP contribution in [0.1, 0.15) is 5.56 Å². The highest BCUT2D eigenvalue weighted by molar-refractivity contribution is 6.40. The van der Waals surface area contributed by atoms with Crippen molar-refractivity contribution in [3.8, 4) is 5.75 Å². The summed E-state index contributed by atoms with van der Waals surface area (Å²) in [4.78, 5) is 0. The van der Waals surface area contributed by atoms with E-state index in [0.29, 0.717) is 5.75 Å². The molecule has 0 aliphatic heterocycles. The molecule has 1 aromatic carbocycles. The van der Waals surface area contributed by atoms with E-state index >= 15 is 0 Å². The molecular formula is C8H10Cl2O. The van der Waals surface area contributed by atoms with Gasteiger partial charge in [-0.1, -0.05) is 18.2 Å². The van der Waals surface area contributed by atoms with Gasteiger partial charge in [0.25, 0.3) is 0 Å². The number of phenolic OH excluding ortho intramolecular Hbond substituents is 1. The molecule has 0 aliphatic rings. The Kier molecular flexibility index (Phi) is 6.09. The Morgan fingerprint density at radius 3 is 2.00 bits per heavy atom. The third-order valence-electron chi connectivity index (χ3n) is 1.12. The summed E-state index contributed by atoms with van der Waals surface area (Å²) in [6, 6.07) is 7.25. The van der Waals surface area contributed by atoms with Crippen molar-refractivity contribution in [2.45, 2.75) is 6.92 Å². The fourth-order valence-corrected chi connectivity index (χ4v) is 0.563. The minimum atomic E-state index is 0.194. The van der Waals surface area contributed by atoms with E-state index in [2.05, 4.69) is 0 Å². The van der Waals surface area contributed by atoms with Crippen LogP contribution in [0.5, 0.6) is 5.75 Å². The van der Waals surface area contributed by atoms with E-state index in [-0.39, 0.29) is 5.34 Å². The lowest BCUT2D eigenvalue weighted by atomic mass is 10.2. The molecule has 62 valence electrons. The Morgan fingerprint density at radius 2 is 1.73 bits per heavy atom. The van der Waals surface area contributed by atoms with Crippen LogP contribution in [0, 0.1) is 6.92 Å². The van der Waals surface area contributed by atoms with Gasteiger partial charge >= 0.3 is 0 Å². The molecule has 0 atom stereocenters. The normalized spacial score (nSPS) is 8.27. The van der Waals surface area contributed by atoms with Crippen LogP contribution in [-0.4, -0.2) is 10.4 Å². The molecule has 0 heterocycles. The largest absolute Gasteiger partial charge is 0.508 e. The van der Waals surface area contributed by atoms with Crippen LogP contribution in [0.3, 0.4) is 0 Å². The lowest BCUT2D eigenvalue weighted by Crippen LogP contribution is -1.68. The van der Waals surface area contributed by atoms with Gasteiger partial charge in [-0.05, 0) is 18.6 Å². The van der Waals surface area contributed by atoms with Crippen molar-refractivity contribution in [1.82, 2.24) is 0 Å². The molecule has 3 heteroatoms. The minimum absolute atomic E-state index is 0.194. The Hall–Kier alpha value is -0.400. The molecule has 0 radical (unpaired) electrons. The molecule has 0 amide bonds. The fourth-order valence-electron chi connectivity index (χ4n) is 0.563. The second-order valence-electron chi connectivity index (χ2n) is 1.89. The zero-order chi connectivity index (χ0) is 8.69. The zero-order valence-electron chi connectivity index (χ0n) is 6.22. The predicted molar refractivity (Wildman–Crippen MR) is 49.4 cm³/mol. The highest BCUT2D eigenvalue weighted by atomic mass is 35.5. The van der Waals surface area contributed by atoms with Gasteiger partial charge in [0.15, 0.2) is 0 Å². The lowest BCUT2D eigenvalue weighted by molar-refractivity contribution is 0.471. The van der Waals surface area contributed by atoms with Crippen molar-refractivity contribution in [1.29, 1.82) is 0 Å². The Bertz CT molecular complexity index is 180. The second kappa shape index (κ2) is 6.32. The zero-order valence-corrected chi connectivity index (χ0v) is 7.73. The number of hydrogen-bond acceptors (Lipinski definition) is 1. The number of halogens is 2. The molecule has 0 saturated heterocycles. The first kappa shape index (κ1) is 10.6. The molecule has 0 fully saturated rings. The van der Waals surface area contributed by atoms with Crippen LogP contribution in [0.15, 0.2) is 24.3 Å². The highest BCUT2D eigenvalue weighted by Crippen LogP contribution is 2.12. The maximum Gasteiger partial charge on any atom is 0.118 e. The first-order valence-electron chi connectivity index (χ1n) is 3.09. The van der Waals surface area contributed by atoms with Gasteiger partial charge < -0.3 is 5.11 Å². The minimum Gasteiger partial charge on any atom is -0.508 e. The maximum absolute atomic E-state index is 8.92. The fraction of sp³-hybridized carbons (Fsp3) is 0.250. The number of aryl methyl sites for hydroxylation is 1. The highest BCUT2D eigenvalue weighted by Gasteiger charge is 1.86. The van der Waals surface area contributed by atoms with Gasteiger partial charge in [-0.2, -0.15) is 0 Å². The summed E-state index contributed by atoms with van der Waals surface area (Å²) < 4.78 is 0. The molecule has 0 saturated carbocycles. The van der Waals surface area contributed by atoms with E-state index in [0.717, 1.165) is 5.56 Å². The number of aromatic hydroxyl groups is 1. The number of alkyl halides is 2. The smallest absolute Gasteiger partial charge is 0.118 e. The number of para-hydroxylation sites is 1. The van der Waals surface area contributed by atoms with Crippen LogP contribution in [0.25, 0.3) is 0 Å². The summed E-state index contributed by atoms with van der Waals surface area (Å²) in [5.41, 5.74) is 0.924. The molecule has 1 nitrogen and oxygen atoms in total. The molecule has 0 spiro atoms. The molecule has 0 aromatic heterocycles. The Labute approximate surface area is 76.6 Å². The molecule has 0 unspecified atom stereocenters. The average molecular weight is 193 g/mol. The third kappa shape index (κ3) is 4.93. The van der Waals surface area contributed by atoms with E-state index < -0.39 is 0 Å². The summed E-state index contributed by atoms with van der Waals surface area (Å²) in [6.45, 7) is 1.87. The topological polar surface area (TPSA) is 20.2 Å². The monoisotopic (exact) mass is 192 g/mol. The van der Waals surface area contributed by atoms with Gasteiger partial charge in [0, 0.05) is 0 Å². The van der Waals surface area contributed by atoms with Crippen molar-refractivity contribution in [3.63, 3.8) is 0 Å². The summed E-state index contributed by atoms with van der Waals surface area (Å²) in [5.74, 6) is 0.368. The summed E-state index contributed by atoms with van der Waals surface area (Å²) >= 11 is 9.53. The lowest BCUT2D eigenvalue weighted by Gasteiger charge is -1.92. The number of hydrogen-bond donors (Lipinski definition) is 1. The number of rotatable bonds is 0. The quantitative estimate of drug-likeness (QED) is 0.627. The van der Waals surface area contributed by atoms with Gasteiger partial charge in [-0.25, -0.2) is 0 Å². The van der Waals surface area contributed by atoms with Gasteiger partial charge in [0.1, 0.15) is 5.75 Å². The van der Waals surface area contributed by atoms with E-state index in [1.54, 1.807) is 6.07 Å². The first-order valence-corrected chi connectivity index (χ1v) is 4.15. The molecule has 1 rings (SSSR count). The van der Waals surface area contributed by atoms with Crippen LogP contribution in [0.2, 0.25) is 0 Å². The average Bonchev–Trinajstić information content (AvgIpc) is 1.97. The van der Waals surface area contributed by atoms with Crippen LogP contribution in [-0.2, 0) is 0 Å².